The van der Waals surface area contributed by atoms with E-state index in [4.69, 9.17) is 4.74 Å². The molecule has 1 aliphatic rings. The summed E-state index contributed by atoms with van der Waals surface area (Å²) in [6, 6.07) is 8.86. The number of fused-ring (bicyclic) bond motifs is 1. The van der Waals surface area contributed by atoms with Gasteiger partial charge in [0.15, 0.2) is 5.96 Å². The first-order chi connectivity index (χ1) is 12.2. The Hall–Kier alpha value is -0.860. The maximum atomic E-state index is 5.10. The smallest absolute Gasteiger partial charge is 0.191 e. The van der Waals surface area contributed by atoms with Gasteiger partial charge in [-0.25, -0.2) is 0 Å². The lowest BCUT2D eigenvalue weighted by atomic mass is 9.83. The van der Waals surface area contributed by atoms with Crippen LogP contribution in [0.15, 0.2) is 29.3 Å². The molecule has 1 unspecified atom stereocenters. The molecule has 2 N–H and O–H groups in total. The molecule has 0 spiro atoms. The fourth-order valence-corrected chi connectivity index (χ4v) is 3.46. The van der Waals surface area contributed by atoms with E-state index in [1.54, 1.807) is 7.11 Å². The third-order valence-corrected chi connectivity index (χ3v) is 4.91. The van der Waals surface area contributed by atoms with Gasteiger partial charge < -0.3 is 20.3 Å². The Kier molecular flexibility index (Phi) is 11.9. The Morgan fingerprint density at radius 2 is 2.08 bits per heavy atom. The van der Waals surface area contributed by atoms with E-state index in [0.717, 1.165) is 45.2 Å². The molecule has 1 aromatic rings. The van der Waals surface area contributed by atoms with Crippen molar-refractivity contribution in [3.63, 3.8) is 0 Å². The number of hydrogen-bond donors (Lipinski definition) is 2. The van der Waals surface area contributed by atoms with Crippen LogP contribution in [-0.2, 0) is 11.2 Å². The molecule has 0 bridgehead atoms. The molecule has 0 aromatic heterocycles. The van der Waals surface area contributed by atoms with Crippen LogP contribution in [0.5, 0.6) is 0 Å². The first-order valence-electron chi connectivity index (χ1n) is 9.44. The average Bonchev–Trinajstić information content (AvgIpc) is 2.64. The third-order valence-electron chi connectivity index (χ3n) is 4.91. The van der Waals surface area contributed by atoms with Crippen LogP contribution in [0.4, 0.5) is 0 Å². The third kappa shape index (κ3) is 7.80. The van der Waals surface area contributed by atoms with Crippen molar-refractivity contribution in [1.82, 2.24) is 15.5 Å². The van der Waals surface area contributed by atoms with Crippen LogP contribution in [0, 0.1) is 0 Å². The van der Waals surface area contributed by atoms with Gasteiger partial charge in [-0.3, -0.25) is 4.99 Å². The number of methoxy groups -OCH3 is 1. The van der Waals surface area contributed by atoms with Crippen LogP contribution >= 0.6 is 24.0 Å². The zero-order chi connectivity index (χ0) is 17.9. The van der Waals surface area contributed by atoms with Crippen molar-refractivity contribution < 1.29 is 4.74 Å². The molecule has 0 saturated carbocycles. The molecule has 0 aliphatic heterocycles. The molecule has 0 amide bonds. The number of halogens is 1. The molecular weight excluding hydrogens is 439 g/mol. The highest BCUT2D eigenvalue weighted by atomic mass is 127. The minimum Gasteiger partial charge on any atom is -0.385 e. The topological polar surface area (TPSA) is 48.9 Å². The first kappa shape index (κ1) is 23.2. The van der Waals surface area contributed by atoms with Gasteiger partial charge in [-0.2, -0.15) is 0 Å². The monoisotopic (exact) mass is 474 g/mol. The fourth-order valence-electron chi connectivity index (χ4n) is 3.46. The van der Waals surface area contributed by atoms with Gasteiger partial charge in [0.1, 0.15) is 0 Å². The zero-order valence-electron chi connectivity index (χ0n) is 16.5. The highest BCUT2D eigenvalue weighted by molar-refractivity contribution is 14.0. The van der Waals surface area contributed by atoms with E-state index < -0.39 is 0 Å². The van der Waals surface area contributed by atoms with Crippen LogP contribution in [-0.4, -0.2) is 64.9 Å². The second-order valence-corrected chi connectivity index (χ2v) is 6.82. The summed E-state index contributed by atoms with van der Waals surface area (Å²) in [5.74, 6) is 1.48. The molecule has 0 heterocycles. The summed E-state index contributed by atoms with van der Waals surface area (Å²) >= 11 is 0. The Morgan fingerprint density at radius 1 is 1.27 bits per heavy atom. The Morgan fingerprint density at radius 3 is 2.85 bits per heavy atom. The van der Waals surface area contributed by atoms with Gasteiger partial charge in [0, 0.05) is 52.9 Å². The van der Waals surface area contributed by atoms with E-state index in [9.17, 15) is 0 Å². The molecule has 0 saturated heterocycles. The molecule has 2 rings (SSSR count). The number of nitrogens with one attached hydrogen (secondary N) is 2. The Bertz CT molecular complexity index is 538. The summed E-state index contributed by atoms with van der Waals surface area (Å²) in [5, 5.41) is 6.93. The van der Waals surface area contributed by atoms with Crippen LogP contribution < -0.4 is 10.6 Å². The molecule has 6 heteroatoms. The highest BCUT2D eigenvalue weighted by Crippen LogP contribution is 2.30. The number of benzene rings is 1. The Labute approximate surface area is 176 Å². The molecule has 1 atom stereocenters. The lowest BCUT2D eigenvalue weighted by Gasteiger charge is -2.26. The number of ether oxygens (including phenoxy) is 1. The van der Waals surface area contributed by atoms with E-state index in [-0.39, 0.29) is 24.0 Å². The second kappa shape index (κ2) is 13.3. The van der Waals surface area contributed by atoms with Crippen LogP contribution in [0.1, 0.15) is 36.3 Å². The standard InChI is InChI=1S/C20H34N4O.HI/c1-21-20(22-12-14-24(2)13-7-15-25-3)23-16-18-10-6-9-17-8-4-5-11-19(17)18;/h4-5,8,11,18H,6-7,9-10,12-16H2,1-3H3,(H2,21,22,23);1H. The van der Waals surface area contributed by atoms with Crippen molar-refractivity contribution in [2.75, 3.05) is 54.0 Å². The molecule has 26 heavy (non-hydrogen) atoms. The molecule has 1 aliphatic carbocycles. The molecular formula is C20H35IN4O. The Balaban J connectivity index is 0.00000338. The summed E-state index contributed by atoms with van der Waals surface area (Å²) < 4.78 is 5.10. The fraction of sp³-hybridized carbons (Fsp3) is 0.650. The number of rotatable bonds is 9. The number of hydrogen-bond acceptors (Lipinski definition) is 3. The molecule has 0 radical (unpaired) electrons. The van der Waals surface area contributed by atoms with Gasteiger partial charge in [-0.05, 0) is 43.9 Å². The second-order valence-electron chi connectivity index (χ2n) is 6.82. The number of likely N-dealkylation sites (N-methyl/N-ethyl adjacent to an activating group) is 1. The van der Waals surface area contributed by atoms with Crippen molar-refractivity contribution in [2.24, 2.45) is 4.99 Å². The summed E-state index contributed by atoms with van der Waals surface area (Å²) in [7, 11) is 5.74. The van der Waals surface area contributed by atoms with E-state index in [1.807, 2.05) is 7.05 Å². The predicted octanol–water partition coefficient (Wildman–Crippen LogP) is 2.86. The number of aryl methyl sites for hydroxylation is 1. The summed E-state index contributed by atoms with van der Waals surface area (Å²) in [6.45, 7) is 4.71. The molecule has 148 valence electrons. The lowest BCUT2D eigenvalue weighted by Crippen LogP contribution is -2.42. The van der Waals surface area contributed by atoms with E-state index in [2.05, 4.69) is 51.8 Å². The molecule has 1 aromatic carbocycles. The number of nitrogens with zero attached hydrogens (tertiary/aromatic N) is 2. The van der Waals surface area contributed by atoms with Gasteiger partial charge in [-0.15, -0.1) is 24.0 Å². The number of guanidine groups is 1. The highest BCUT2D eigenvalue weighted by Gasteiger charge is 2.19. The minimum absolute atomic E-state index is 0. The van der Waals surface area contributed by atoms with Gasteiger partial charge in [0.2, 0.25) is 0 Å². The van der Waals surface area contributed by atoms with Crippen LogP contribution in [0.2, 0.25) is 0 Å². The first-order valence-corrected chi connectivity index (χ1v) is 9.44. The number of aliphatic imine (C=N–C) groups is 1. The maximum Gasteiger partial charge on any atom is 0.191 e. The van der Waals surface area contributed by atoms with Crippen LogP contribution in [0.25, 0.3) is 0 Å². The zero-order valence-corrected chi connectivity index (χ0v) is 18.8. The normalized spacial score (nSPS) is 16.8. The van der Waals surface area contributed by atoms with Crippen molar-refractivity contribution in [3.05, 3.63) is 35.4 Å². The van der Waals surface area contributed by atoms with E-state index in [1.165, 1.54) is 30.4 Å². The van der Waals surface area contributed by atoms with Crippen molar-refractivity contribution in [1.29, 1.82) is 0 Å². The SMILES string of the molecule is CN=C(NCCN(C)CCCOC)NCC1CCCc2ccccc21.I. The largest absolute Gasteiger partial charge is 0.385 e. The van der Waals surface area contributed by atoms with Crippen LogP contribution in [0.3, 0.4) is 0 Å². The lowest BCUT2D eigenvalue weighted by molar-refractivity contribution is 0.180. The van der Waals surface area contributed by atoms with Crippen molar-refractivity contribution in [2.45, 2.75) is 31.6 Å². The summed E-state index contributed by atoms with van der Waals surface area (Å²) in [4.78, 5) is 6.67. The van der Waals surface area contributed by atoms with Crippen molar-refractivity contribution >= 4 is 29.9 Å². The predicted molar refractivity (Wildman–Crippen MR) is 121 cm³/mol. The van der Waals surface area contributed by atoms with E-state index >= 15 is 0 Å². The van der Waals surface area contributed by atoms with Gasteiger partial charge in [0.25, 0.3) is 0 Å². The van der Waals surface area contributed by atoms with E-state index in [0.29, 0.717) is 5.92 Å². The molecule has 5 nitrogen and oxygen atoms in total. The minimum atomic E-state index is 0. The average molecular weight is 474 g/mol. The quantitative estimate of drug-likeness (QED) is 0.250. The summed E-state index contributed by atoms with van der Waals surface area (Å²) in [6.07, 6.45) is 4.82. The summed E-state index contributed by atoms with van der Waals surface area (Å²) in [5.41, 5.74) is 3.02. The molecule has 0 fully saturated rings. The van der Waals surface area contributed by atoms with Gasteiger partial charge >= 0.3 is 0 Å². The van der Waals surface area contributed by atoms with Gasteiger partial charge in [0.05, 0.1) is 0 Å². The van der Waals surface area contributed by atoms with Crippen molar-refractivity contribution in [3.8, 4) is 0 Å². The van der Waals surface area contributed by atoms with Gasteiger partial charge in [-0.1, -0.05) is 24.3 Å². The maximum absolute atomic E-state index is 5.10.